The number of fused-ring (bicyclic) bond motifs is 1. The van der Waals surface area contributed by atoms with Crippen molar-refractivity contribution in [3.05, 3.63) is 47.3 Å². The molecule has 1 aromatic heterocycles. The fourth-order valence-electron chi connectivity index (χ4n) is 3.64. The first kappa shape index (κ1) is 15.3. The van der Waals surface area contributed by atoms with Gasteiger partial charge in [0, 0.05) is 26.2 Å². The molecule has 1 amide bonds. The molecule has 7 nitrogen and oxygen atoms in total. The Bertz CT molecular complexity index is 732. The number of rotatable bonds is 3. The van der Waals surface area contributed by atoms with Crippen LogP contribution in [0.4, 0.5) is 0 Å². The number of benzene rings is 1. The lowest BCUT2D eigenvalue weighted by Crippen LogP contribution is -2.43. The number of carbonyl (C=O) groups excluding carboxylic acids is 1. The summed E-state index contributed by atoms with van der Waals surface area (Å²) in [7, 11) is 0. The average Bonchev–Trinajstić information content (AvgIpc) is 3.25. The van der Waals surface area contributed by atoms with Gasteiger partial charge < -0.3 is 10.0 Å². The van der Waals surface area contributed by atoms with Crippen LogP contribution in [0.1, 0.15) is 23.2 Å². The first-order valence-corrected chi connectivity index (χ1v) is 8.30. The molecule has 126 valence electrons. The van der Waals surface area contributed by atoms with Crippen LogP contribution in [0.15, 0.2) is 30.5 Å². The first-order chi connectivity index (χ1) is 11.6. The van der Waals surface area contributed by atoms with Gasteiger partial charge in [0.25, 0.3) is 0 Å². The Morgan fingerprint density at radius 2 is 2.12 bits per heavy atom. The monoisotopic (exact) mass is 327 g/mol. The van der Waals surface area contributed by atoms with Gasteiger partial charge in [-0.2, -0.15) is 15.4 Å². The number of nitrogens with one attached hydrogen (secondary N) is 1. The van der Waals surface area contributed by atoms with E-state index in [9.17, 15) is 9.90 Å². The molecule has 1 atom stereocenters. The minimum absolute atomic E-state index is 0.119. The van der Waals surface area contributed by atoms with Crippen molar-refractivity contribution in [2.45, 2.75) is 25.0 Å². The van der Waals surface area contributed by atoms with E-state index in [4.69, 9.17) is 0 Å². The second kappa shape index (κ2) is 5.99. The Morgan fingerprint density at radius 1 is 1.29 bits per heavy atom. The van der Waals surface area contributed by atoms with Crippen LogP contribution >= 0.6 is 0 Å². The van der Waals surface area contributed by atoms with Gasteiger partial charge in [-0.1, -0.05) is 24.3 Å². The van der Waals surface area contributed by atoms with Crippen molar-refractivity contribution in [2.75, 3.05) is 26.2 Å². The molecule has 1 saturated heterocycles. The lowest BCUT2D eigenvalue weighted by Gasteiger charge is -2.30. The van der Waals surface area contributed by atoms with E-state index in [-0.39, 0.29) is 5.91 Å². The van der Waals surface area contributed by atoms with Gasteiger partial charge >= 0.3 is 0 Å². The summed E-state index contributed by atoms with van der Waals surface area (Å²) in [6.45, 7) is 2.87. The van der Waals surface area contributed by atoms with Crippen LogP contribution in [0.2, 0.25) is 0 Å². The van der Waals surface area contributed by atoms with Crippen LogP contribution in [-0.4, -0.2) is 62.4 Å². The summed E-state index contributed by atoms with van der Waals surface area (Å²) in [6, 6.07) is 8.29. The Morgan fingerprint density at radius 3 is 2.92 bits per heavy atom. The number of hydrogen-bond acceptors (Lipinski definition) is 5. The summed E-state index contributed by atoms with van der Waals surface area (Å²) in [5.74, 6) is 0.119. The van der Waals surface area contributed by atoms with Gasteiger partial charge in [0.05, 0.1) is 12.7 Å². The van der Waals surface area contributed by atoms with Crippen LogP contribution < -0.4 is 0 Å². The Labute approximate surface area is 140 Å². The van der Waals surface area contributed by atoms with Crippen LogP contribution in [-0.2, 0) is 23.4 Å². The summed E-state index contributed by atoms with van der Waals surface area (Å²) in [5.41, 5.74) is 2.10. The third-order valence-corrected chi connectivity index (χ3v) is 5.06. The highest BCUT2D eigenvalue weighted by atomic mass is 16.3. The topological polar surface area (TPSA) is 85.3 Å². The molecule has 2 aliphatic rings. The summed E-state index contributed by atoms with van der Waals surface area (Å²) in [5, 5.41) is 21.0. The van der Waals surface area contributed by atoms with E-state index in [0.717, 1.165) is 13.0 Å². The normalized spacial score (nSPS) is 24.1. The summed E-state index contributed by atoms with van der Waals surface area (Å²) < 4.78 is 0. The van der Waals surface area contributed by atoms with Gasteiger partial charge in [-0.3, -0.25) is 9.69 Å². The molecule has 1 fully saturated rings. The van der Waals surface area contributed by atoms with Crippen LogP contribution in [0, 0.1) is 0 Å². The molecule has 0 unspecified atom stereocenters. The molecular weight excluding hydrogens is 306 g/mol. The van der Waals surface area contributed by atoms with E-state index < -0.39 is 5.60 Å². The predicted octanol–water partition coefficient (Wildman–Crippen LogP) is 0.283. The molecular formula is C17H21N5O2. The number of aromatic amines is 1. The van der Waals surface area contributed by atoms with Gasteiger partial charge in [-0.25, -0.2) is 0 Å². The molecule has 0 aliphatic carbocycles. The zero-order valence-corrected chi connectivity index (χ0v) is 13.5. The zero-order valence-electron chi connectivity index (χ0n) is 13.5. The third kappa shape index (κ3) is 2.81. The van der Waals surface area contributed by atoms with Gasteiger partial charge in [-0.15, -0.1) is 0 Å². The maximum Gasteiger partial charge on any atom is 0.237 e. The average molecular weight is 327 g/mol. The molecule has 3 heterocycles. The van der Waals surface area contributed by atoms with Crippen molar-refractivity contribution < 1.29 is 9.90 Å². The smallest absolute Gasteiger partial charge is 0.237 e. The van der Waals surface area contributed by atoms with Crippen LogP contribution in [0.3, 0.4) is 0 Å². The van der Waals surface area contributed by atoms with Crippen LogP contribution in [0.25, 0.3) is 0 Å². The van der Waals surface area contributed by atoms with Gasteiger partial charge in [0.15, 0.2) is 0 Å². The standard InChI is InChI=1S/C17H21N5O2/c23-16(22-7-5-13-3-1-2-4-14(13)10-22)11-21-8-6-17(24,12-21)15-9-18-20-19-15/h1-4,9,24H,5-8,10-12H2,(H,18,19,20)/t17-/m1/s1. The minimum atomic E-state index is -1.01. The number of nitrogens with zero attached hydrogens (tertiary/aromatic N) is 4. The summed E-state index contributed by atoms with van der Waals surface area (Å²) in [4.78, 5) is 16.5. The van der Waals surface area contributed by atoms with Crippen molar-refractivity contribution >= 4 is 5.91 Å². The number of H-pyrrole nitrogens is 1. The second-order valence-corrected chi connectivity index (χ2v) is 6.68. The van der Waals surface area contributed by atoms with E-state index in [1.807, 2.05) is 21.9 Å². The molecule has 0 spiro atoms. The summed E-state index contributed by atoms with van der Waals surface area (Å²) in [6.07, 6.45) is 3.02. The fourth-order valence-corrected chi connectivity index (χ4v) is 3.64. The van der Waals surface area contributed by atoms with Crippen LogP contribution in [0.5, 0.6) is 0 Å². The maximum atomic E-state index is 12.6. The van der Waals surface area contributed by atoms with Gasteiger partial charge in [0.2, 0.25) is 5.91 Å². The molecule has 2 N–H and O–H groups in total. The van der Waals surface area contributed by atoms with Crippen molar-refractivity contribution in [3.63, 3.8) is 0 Å². The quantitative estimate of drug-likeness (QED) is 0.846. The number of carbonyl (C=O) groups is 1. The SMILES string of the molecule is O=C(CN1CC[C@](O)(c2cn[nH]n2)C1)N1CCc2ccccc2C1. The molecule has 7 heteroatoms. The van der Waals surface area contributed by atoms with Crippen molar-refractivity contribution in [1.29, 1.82) is 0 Å². The van der Waals surface area contributed by atoms with E-state index in [0.29, 0.717) is 38.3 Å². The number of β-amino-alcohol motifs (C(OH)–C–C–N with tert-alkyl or cyclic N) is 1. The van der Waals surface area contributed by atoms with E-state index in [2.05, 4.69) is 27.5 Å². The first-order valence-electron chi connectivity index (χ1n) is 8.30. The highest BCUT2D eigenvalue weighted by Gasteiger charge is 2.40. The van der Waals surface area contributed by atoms with Gasteiger partial charge in [-0.05, 0) is 24.0 Å². The number of likely N-dealkylation sites (tertiary alicyclic amines) is 1. The van der Waals surface area contributed by atoms with Gasteiger partial charge in [0.1, 0.15) is 11.3 Å². The Balaban J connectivity index is 1.38. The number of aromatic nitrogens is 3. The molecule has 2 aliphatic heterocycles. The largest absolute Gasteiger partial charge is 0.382 e. The Hall–Kier alpha value is -2.25. The van der Waals surface area contributed by atoms with E-state index >= 15 is 0 Å². The number of aliphatic hydroxyl groups is 1. The lowest BCUT2D eigenvalue weighted by atomic mass is 10.00. The number of amides is 1. The zero-order chi connectivity index (χ0) is 16.6. The maximum absolute atomic E-state index is 12.6. The fraction of sp³-hybridized carbons (Fsp3) is 0.471. The molecule has 0 radical (unpaired) electrons. The molecule has 2 aromatic rings. The summed E-state index contributed by atoms with van der Waals surface area (Å²) >= 11 is 0. The Kier molecular flexibility index (Phi) is 3.82. The predicted molar refractivity (Wildman–Crippen MR) is 86.9 cm³/mol. The third-order valence-electron chi connectivity index (χ3n) is 5.06. The molecule has 4 rings (SSSR count). The van der Waals surface area contributed by atoms with Crippen molar-refractivity contribution in [3.8, 4) is 0 Å². The van der Waals surface area contributed by atoms with E-state index in [1.54, 1.807) is 6.20 Å². The van der Waals surface area contributed by atoms with E-state index in [1.165, 1.54) is 11.1 Å². The van der Waals surface area contributed by atoms with Crippen molar-refractivity contribution in [2.24, 2.45) is 0 Å². The molecule has 0 saturated carbocycles. The van der Waals surface area contributed by atoms with Crippen molar-refractivity contribution in [1.82, 2.24) is 25.2 Å². The minimum Gasteiger partial charge on any atom is -0.382 e. The lowest BCUT2D eigenvalue weighted by molar-refractivity contribution is -0.133. The molecule has 0 bridgehead atoms. The second-order valence-electron chi connectivity index (χ2n) is 6.68. The highest BCUT2D eigenvalue weighted by Crippen LogP contribution is 2.30. The molecule has 1 aromatic carbocycles. The highest BCUT2D eigenvalue weighted by molar-refractivity contribution is 5.78. The number of hydrogen-bond donors (Lipinski definition) is 2. The molecule has 24 heavy (non-hydrogen) atoms.